The lowest BCUT2D eigenvalue weighted by Crippen LogP contribution is -2.10. The zero-order chi connectivity index (χ0) is 18.0. The molecule has 6 heteroatoms. The Labute approximate surface area is 148 Å². The van der Waals surface area contributed by atoms with Crippen LogP contribution in [0.3, 0.4) is 0 Å². The minimum absolute atomic E-state index is 0.00600. The van der Waals surface area contributed by atoms with Crippen LogP contribution in [0.2, 0.25) is 5.02 Å². The van der Waals surface area contributed by atoms with Gasteiger partial charge in [-0.2, -0.15) is 0 Å². The lowest BCUT2D eigenvalue weighted by atomic mass is 10.1. The number of hydrogen-bond acceptors (Lipinski definition) is 5. The van der Waals surface area contributed by atoms with Gasteiger partial charge in [0.25, 0.3) is 0 Å². The Morgan fingerprint density at radius 1 is 1.16 bits per heavy atom. The normalized spacial score (nSPS) is 10.7. The van der Waals surface area contributed by atoms with Gasteiger partial charge < -0.3 is 13.9 Å². The summed E-state index contributed by atoms with van der Waals surface area (Å²) >= 11 is 5.87. The predicted octanol–water partition coefficient (Wildman–Crippen LogP) is 4.12. The van der Waals surface area contributed by atoms with Gasteiger partial charge in [-0.05, 0) is 37.3 Å². The molecule has 25 heavy (non-hydrogen) atoms. The standard InChI is InChI=1S/C19H15ClO5/c1-11-3-5-16(23-2)12(7-11)10-24-19(22)18-9-15(21)14-8-13(20)4-6-17(14)25-18/h3-9H,10H2,1-2H3. The van der Waals surface area contributed by atoms with E-state index in [4.69, 9.17) is 25.5 Å². The fourth-order valence-corrected chi connectivity index (χ4v) is 2.64. The second kappa shape index (κ2) is 6.99. The van der Waals surface area contributed by atoms with E-state index in [1.54, 1.807) is 25.3 Å². The van der Waals surface area contributed by atoms with Crippen molar-refractivity contribution in [1.29, 1.82) is 0 Å². The quantitative estimate of drug-likeness (QED) is 0.656. The summed E-state index contributed by atoms with van der Waals surface area (Å²) in [5.41, 5.74) is 1.66. The van der Waals surface area contributed by atoms with Gasteiger partial charge in [0.1, 0.15) is 17.9 Å². The Morgan fingerprint density at radius 3 is 2.72 bits per heavy atom. The van der Waals surface area contributed by atoms with Crippen molar-refractivity contribution in [2.45, 2.75) is 13.5 Å². The number of benzene rings is 2. The average Bonchev–Trinajstić information content (AvgIpc) is 2.60. The van der Waals surface area contributed by atoms with Crippen LogP contribution in [0, 0.1) is 6.92 Å². The molecular formula is C19H15ClO5. The van der Waals surface area contributed by atoms with E-state index >= 15 is 0 Å². The highest BCUT2D eigenvalue weighted by Crippen LogP contribution is 2.22. The van der Waals surface area contributed by atoms with E-state index in [0.29, 0.717) is 16.2 Å². The summed E-state index contributed by atoms with van der Waals surface area (Å²) in [6.07, 6.45) is 0. The lowest BCUT2D eigenvalue weighted by Gasteiger charge is -2.10. The molecule has 0 N–H and O–H groups in total. The fraction of sp³-hybridized carbons (Fsp3) is 0.158. The van der Waals surface area contributed by atoms with Crippen molar-refractivity contribution in [3.63, 3.8) is 0 Å². The molecule has 1 heterocycles. The van der Waals surface area contributed by atoms with Crippen LogP contribution in [0.25, 0.3) is 11.0 Å². The van der Waals surface area contributed by atoms with E-state index in [1.807, 2.05) is 19.1 Å². The molecule has 0 saturated heterocycles. The summed E-state index contributed by atoms with van der Waals surface area (Å²) in [5, 5.41) is 0.728. The van der Waals surface area contributed by atoms with Crippen LogP contribution in [-0.2, 0) is 11.3 Å². The molecule has 0 radical (unpaired) electrons. The maximum atomic E-state index is 12.2. The van der Waals surface area contributed by atoms with E-state index in [9.17, 15) is 9.59 Å². The minimum Gasteiger partial charge on any atom is -0.496 e. The van der Waals surface area contributed by atoms with E-state index in [-0.39, 0.29) is 23.4 Å². The number of esters is 1. The molecule has 0 spiro atoms. The first-order chi connectivity index (χ1) is 12.0. The smallest absolute Gasteiger partial charge is 0.374 e. The Kier molecular flexibility index (Phi) is 4.76. The third kappa shape index (κ3) is 3.67. The van der Waals surface area contributed by atoms with E-state index in [2.05, 4.69) is 0 Å². The molecule has 0 saturated carbocycles. The molecule has 0 unspecified atom stereocenters. The number of aryl methyl sites for hydroxylation is 1. The van der Waals surface area contributed by atoms with Crippen molar-refractivity contribution in [2.24, 2.45) is 0 Å². The maximum absolute atomic E-state index is 12.2. The van der Waals surface area contributed by atoms with Crippen molar-refractivity contribution in [3.8, 4) is 5.75 Å². The molecule has 1 aromatic heterocycles. The third-order valence-electron chi connectivity index (χ3n) is 3.69. The molecule has 0 aliphatic carbocycles. The zero-order valence-electron chi connectivity index (χ0n) is 13.7. The Hall–Kier alpha value is -2.79. The minimum atomic E-state index is -0.725. The first-order valence-electron chi connectivity index (χ1n) is 7.52. The zero-order valence-corrected chi connectivity index (χ0v) is 14.4. The highest BCUT2D eigenvalue weighted by molar-refractivity contribution is 6.31. The van der Waals surface area contributed by atoms with E-state index in [0.717, 1.165) is 17.2 Å². The van der Waals surface area contributed by atoms with Gasteiger partial charge in [-0.15, -0.1) is 0 Å². The molecule has 128 valence electrons. The molecular weight excluding hydrogens is 344 g/mol. The summed E-state index contributed by atoms with van der Waals surface area (Å²) in [4.78, 5) is 24.4. The van der Waals surface area contributed by atoms with Gasteiger partial charge in [-0.25, -0.2) is 4.79 Å². The number of carbonyl (C=O) groups is 1. The topological polar surface area (TPSA) is 65.7 Å². The molecule has 0 aliphatic rings. The SMILES string of the molecule is COc1ccc(C)cc1COC(=O)c1cc(=O)c2cc(Cl)ccc2o1. The van der Waals surface area contributed by atoms with Crippen LogP contribution in [0.4, 0.5) is 0 Å². The molecule has 5 nitrogen and oxygen atoms in total. The number of fused-ring (bicyclic) bond motifs is 1. The summed E-state index contributed by atoms with van der Waals surface area (Å²) < 4.78 is 16.0. The van der Waals surface area contributed by atoms with Crippen molar-refractivity contribution in [3.05, 3.63) is 74.6 Å². The van der Waals surface area contributed by atoms with Gasteiger partial charge in [-0.3, -0.25) is 4.79 Å². The Bertz CT molecular complexity index is 1010. The van der Waals surface area contributed by atoms with Crippen LogP contribution in [-0.4, -0.2) is 13.1 Å². The molecule has 0 fully saturated rings. The average molecular weight is 359 g/mol. The predicted molar refractivity (Wildman–Crippen MR) is 94.3 cm³/mol. The third-order valence-corrected chi connectivity index (χ3v) is 3.92. The number of methoxy groups -OCH3 is 1. The van der Waals surface area contributed by atoms with Crippen LogP contribution in [0.1, 0.15) is 21.7 Å². The maximum Gasteiger partial charge on any atom is 0.374 e. The summed E-state index contributed by atoms with van der Waals surface area (Å²) in [6, 6.07) is 11.3. The number of ether oxygens (including phenoxy) is 2. The molecule has 3 rings (SSSR count). The van der Waals surface area contributed by atoms with Gasteiger partial charge >= 0.3 is 5.97 Å². The number of hydrogen-bond donors (Lipinski definition) is 0. The van der Waals surface area contributed by atoms with Crippen LogP contribution in [0.5, 0.6) is 5.75 Å². The number of halogens is 1. The lowest BCUT2D eigenvalue weighted by molar-refractivity contribution is 0.0434. The van der Waals surface area contributed by atoms with E-state index in [1.165, 1.54) is 6.07 Å². The van der Waals surface area contributed by atoms with Crippen molar-refractivity contribution in [1.82, 2.24) is 0 Å². The van der Waals surface area contributed by atoms with Crippen molar-refractivity contribution < 1.29 is 18.7 Å². The van der Waals surface area contributed by atoms with Gasteiger partial charge in [0, 0.05) is 16.7 Å². The molecule has 0 amide bonds. The van der Waals surface area contributed by atoms with Crippen molar-refractivity contribution >= 4 is 28.5 Å². The molecule has 0 bridgehead atoms. The largest absolute Gasteiger partial charge is 0.496 e. The summed E-state index contributed by atoms with van der Waals surface area (Å²) in [6.45, 7) is 1.93. The Balaban J connectivity index is 1.85. The van der Waals surface area contributed by atoms with Crippen molar-refractivity contribution in [2.75, 3.05) is 7.11 Å². The highest BCUT2D eigenvalue weighted by Gasteiger charge is 2.15. The second-order valence-electron chi connectivity index (χ2n) is 5.51. The molecule has 0 atom stereocenters. The molecule has 0 aliphatic heterocycles. The number of rotatable bonds is 4. The highest BCUT2D eigenvalue weighted by atomic mass is 35.5. The van der Waals surface area contributed by atoms with E-state index < -0.39 is 5.97 Å². The van der Waals surface area contributed by atoms with Crippen LogP contribution < -0.4 is 10.2 Å². The molecule has 3 aromatic rings. The summed E-state index contributed by atoms with van der Waals surface area (Å²) in [5.74, 6) is -0.267. The van der Waals surface area contributed by atoms with Gasteiger partial charge in [0.05, 0.1) is 12.5 Å². The Morgan fingerprint density at radius 2 is 1.96 bits per heavy atom. The van der Waals surface area contributed by atoms with Gasteiger partial charge in [0.15, 0.2) is 5.43 Å². The first kappa shape index (κ1) is 17.0. The summed E-state index contributed by atoms with van der Waals surface area (Å²) in [7, 11) is 1.55. The molecule has 2 aromatic carbocycles. The van der Waals surface area contributed by atoms with Gasteiger partial charge in [0.2, 0.25) is 5.76 Å². The first-order valence-corrected chi connectivity index (χ1v) is 7.90. The van der Waals surface area contributed by atoms with Crippen LogP contribution >= 0.6 is 11.6 Å². The van der Waals surface area contributed by atoms with Crippen LogP contribution in [0.15, 0.2) is 51.7 Å². The monoisotopic (exact) mass is 358 g/mol. The van der Waals surface area contributed by atoms with Gasteiger partial charge in [-0.1, -0.05) is 23.2 Å². The number of carbonyl (C=O) groups excluding carboxylic acids is 1. The second-order valence-corrected chi connectivity index (χ2v) is 5.94. The fourth-order valence-electron chi connectivity index (χ4n) is 2.46.